The summed E-state index contributed by atoms with van der Waals surface area (Å²) in [5.41, 5.74) is 3.41. The Kier molecular flexibility index (Phi) is 3.23. The predicted octanol–water partition coefficient (Wildman–Crippen LogP) is 2.06. The summed E-state index contributed by atoms with van der Waals surface area (Å²) in [6, 6.07) is 7.89. The molecule has 114 valence electrons. The summed E-state index contributed by atoms with van der Waals surface area (Å²) < 4.78 is 2.08. The van der Waals surface area contributed by atoms with E-state index >= 15 is 0 Å². The first-order valence-corrected chi connectivity index (χ1v) is 7.25. The van der Waals surface area contributed by atoms with E-state index in [1.165, 1.54) is 18.0 Å². The van der Waals surface area contributed by atoms with Gasteiger partial charge in [-0.3, -0.25) is 10.3 Å². The number of amides is 2. The number of carbonyl (C=O) groups excluding carboxylic acids is 1. The van der Waals surface area contributed by atoms with Crippen molar-refractivity contribution in [3.8, 4) is 11.3 Å². The minimum atomic E-state index is -0.309. The second kappa shape index (κ2) is 5.53. The number of imidazole rings is 1. The third-order valence-corrected chi connectivity index (χ3v) is 3.86. The first kappa shape index (κ1) is 13.4. The summed E-state index contributed by atoms with van der Waals surface area (Å²) in [6.45, 7) is 0.465. The molecule has 1 atom stereocenters. The highest BCUT2D eigenvalue weighted by Crippen LogP contribution is 2.38. The van der Waals surface area contributed by atoms with E-state index in [-0.39, 0.29) is 12.1 Å². The number of nitrogens with one attached hydrogen (secondary N) is 2. The van der Waals surface area contributed by atoms with Gasteiger partial charge in [0.1, 0.15) is 0 Å². The number of aromatic nitrogens is 4. The van der Waals surface area contributed by atoms with Crippen molar-refractivity contribution in [2.45, 2.75) is 6.04 Å². The van der Waals surface area contributed by atoms with Crippen molar-refractivity contribution in [3.63, 3.8) is 0 Å². The van der Waals surface area contributed by atoms with E-state index in [4.69, 9.17) is 0 Å². The molecule has 7 heteroatoms. The van der Waals surface area contributed by atoms with Crippen LogP contribution in [0.25, 0.3) is 11.3 Å². The summed E-state index contributed by atoms with van der Waals surface area (Å²) >= 11 is 0. The highest BCUT2D eigenvalue weighted by atomic mass is 16.2. The Morgan fingerprint density at radius 3 is 2.96 bits per heavy atom. The lowest BCUT2D eigenvalue weighted by atomic mass is 10.0. The molecule has 2 amide bonds. The van der Waals surface area contributed by atoms with Crippen molar-refractivity contribution < 1.29 is 4.79 Å². The van der Waals surface area contributed by atoms with E-state index in [1.807, 2.05) is 18.3 Å². The molecule has 1 aliphatic rings. The minimum absolute atomic E-state index is 0.0382. The maximum Gasteiger partial charge on any atom is 0.320 e. The lowest BCUT2D eigenvalue weighted by Crippen LogP contribution is -2.33. The second-order valence-corrected chi connectivity index (χ2v) is 5.21. The molecular weight excluding hydrogens is 292 g/mol. The molecule has 1 aromatic carbocycles. The van der Waals surface area contributed by atoms with Gasteiger partial charge in [0, 0.05) is 24.5 Å². The SMILES string of the molecule is O=C(NCC1c2ccccc2-c2cncn21)Nc1cnccn1. The Morgan fingerprint density at radius 1 is 1.17 bits per heavy atom. The molecule has 0 spiro atoms. The molecule has 2 N–H and O–H groups in total. The molecule has 0 bridgehead atoms. The van der Waals surface area contributed by atoms with Gasteiger partial charge >= 0.3 is 6.03 Å². The fourth-order valence-corrected chi connectivity index (χ4v) is 2.85. The fourth-order valence-electron chi connectivity index (χ4n) is 2.85. The van der Waals surface area contributed by atoms with Gasteiger partial charge in [-0.25, -0.2) is 14.8 Å². The van der Waals surface area contributed by atoms with E-state index in [2.05, 4.69) is 42.3 Å². The van der Waals surface area contributed by atoms with Crippen LogP contribution in [0.2, 0.25) is 0 Å². The number of nitrogens with zero attached hydrogens (tertiary/aromatic N) is 4. The number of urea groups is 1. The van der Waals surface area contributed by atoms with E-state index in [9.17, 15) is 4.79 Å². The van der Waals surface area contributed by atoms with Crippen molar-refractivity contribution in [1.29, 1.82) is 0 Å². The standard InChI is InChI=1S/C16H14N6O/c23-16(21-15-9-17-5-6-19-15)20-8-14-12-4-2-1-3-11(12)13-7-18-10-22(13)14/h1-7,9-10,14H,8H2,(H2,19,20,21,23). The summed E-state index contributed by atoms with van der Waals surface area (Å²) in [4.78, 5) is 24.1. The zero-order valence-corrected chi connectivity index (χ0v) is 12.2. The van der Waals surface area contributed by atoms with Crippen molar-refractivity contribution in [3.05, 3.63) is 60.9 Å². The number of benzene rings is 1. The highest BCUT2D eigenvalue weighted by molar-refractivity contribution is 5.88. The number of fused-ring (bicyclic) bond motifs is 3. The topological polar surface area (TPSA) is 84.7 Å². The van der Waals surface area contributed by atoms with E-state index in [0.29, 0.717) is 12.4 Å². The van der Waals surface area contributed by atoms with E-state index in [0.717, 1.165) is 11.3 Å². The number of hydrogen-bond acceptors (Lipinski definition) is 4. The van der Waals surface area contributed by atoms with Gasteiger partial charge in [-0.15, -0.1) is 0 Å². The molecule has 3 heterocycles. The van der Waals surface area contributed by atoms with E-state index < -0.39 is 0 Å². The third-order valence-electron chi connectivity index (χ3n) is 3.86. The monoisotopic (exact) mass is 306 g/mol. The largest absolute Gasteiger partial charge is 0.335 e. The molecule has 0 fully saturated rings. The molecule has 23 heavy (non-hydrogen) atoms. The molecule has 0 aliphatic carbocycles. The van der Waals surface area contributed by atoms with Crippen LogP contribution in [-0.2, 0) is 0 Å². The van der Waals surface area contributed by atoms with Crippen LogP contribution in [0.15, 0.2) is 55.4 Å². The van der Waals surface area contributed by atoms with Crippen LogP contribution in [0.4, 0.5) is 10.6 Å². The first-order chi connectivity index (χ1) is 11.3. The quantitative estimate of drug-likeness (QED) is 0.775. The van der Waals surface area contributed by atoms with Gasteiger partial charge in [0.2, 0.25) is 0 Å². The van der Waals surface area contributed by atoms with E-state index in [1.54, 1.807) is 12.5 Å². The molecule has 0 saturated heterocycles. The summed E-state index contributed by atoms with van der Waals surface area (Å²) in [5, 5.41) is 5.54. The van der Waals surface area contributed by atoms with Gasteiger partial charge in [-0.2, -0.15) is 0 Å². The third kappa shape index (κ3) is 2.42. The number of carbonyl (C=O) groups is 1. The fraction of sp³-hybridized carbons (Fsp3) is 0.125. The molecule has 4 rings (SSSR count). The number of anilines is 1. The molecule has 3 aromatic rings. The minimum Gasteiger partial charge on any atom is -0.335 e. The van der Waals surface area contributed by atoms with Crippen molar-refractivity contribution in [1.82, 2.24) is 24.8 Å². The van der Waals surface area contributed by atoms with Crippen LogP contribution < -0.4 is 10.6 Å². The normalized spacial score (nSPS) is 14.9. The molecule has 0 saturated carbocycles. The number of hydrogen-bond donors (Lipinski definition) is 2. The lowest BCUT2D eigenvalue weighted by Gasteiger charge is -2.15. The summed E-state index contributed by atoms with van der Waals surface area (Å²) in [6.07, 6.45) is 8.22. The Bertz CT molecular complexity index is 845. The highest BCUT2D eigenvalue weighted by Gasteiger charge is 2.28. The van der Waals surface area contributed by atoms with Crippen molar-refractivity contribution >= 4 is 11.8 Å². The van der Waals surface area contributed by atoms with Crippen molar-refractivity contribution in [2.75, 3.05) is 11.9 Å². The zero-order valence-electron chi connectivity index (χ0n) is 12.2. The molecular formula is C16H14N6O. The predicted molar refractivity (Wildman–Crippen MR) is 84.9 cm³/mol. The van der Waals surface area contributed by atoms with Gasteiger partial charge in [-0.1, -0.05) is 24.3 Å². The molecule has 2 aromatic heterocycles. The Morgan fingerprint density at radius 2 is 2.09 bits per heavy atom. The Labute approximate surface area is 132 Å². The average Bonchev–Trinajstić information content (AvgIpc) is 3.15. The Hall–Kier alpha value is -3.22. The molecule has 7 nitrogen and oxygen atoms in total. The summed E-state index contributed by atoms with van der Waals surface area (Å²) in [7, 11) is 0. The first-order valence-electron chi connectivity index (χ1n) is 7.25. The molecule has 1 unspecified atom stereocenters. The molecule has 0 radical (unpaired) electrons. The zero-order chi connectivity index (χ0) is 15.6. The smallest absolute Gasteiger partial charge is 0.320 e. The maximum absolute atomic E-state index is 12.0. The lowest BCUT2D eigenvalue weighted by molar-refractivity contribution is 0.251. The average molecular weight is 306 g/mol. The maximum atomic E-state index is 12.0. The van der Waals surface area contributed by atoms with Crippen LogP contribution in [0.5, 0.6) is 0 Å². The van der Waals surface area contributed by atoms with Gasteiger partial charge in [-0.05, 0) is 5.56 Å². The number of rotatable bonds is 3. The van der Waals surface area contributed by atoms with Crippen LogP contribution in [0, 0.1) is 0 Å². The van der Waals surface area contributed by atoms with Crippen LogP contribution in [0.3, 0.4) is 0 Å². The van der Waals surface area contributed by atoms with Gasteiger partial charge in [0.15, 0.2) is 5.82 Å². The van der Waals surface area contributed by atoms with Crippen LogP contribution in [0.1, 0.15) is 11.6 Å². The second-order valence-electron chi connectivity index (χ2n) is 5.21. The summed E-state index contributed by atoms with van der Waals surface area (Å²) in [5.74, 6) is 0.417. The Balaban J connectivity index is 1.48. The molecule has 1 aliphatic heterocycles. The van der Waals surface area contributed by atoms with Crippen LogP contribution >= 0.6 is 0 Å². The van der Waals surface area contributed by atoms with Crippen LogP contribution in [-0.4, -0.2) is 32.1 Å². The van der Waals surface area contributed by atoms with Gasteiger partial charge in [0.05, 0.1) is 30.5 Å². The van der Waals surface area contributed by atoms with Gasteiger partial charge < -0.3 is 9.88 Å². The van der Waals surface area contributed by atoms with Gasteiger partial charge in [0.25, 0.3) is 0 Å². The van der Waals surface area contributed by atoms with Crippen molar-refractivity contribution in [2.24, 2.45) is 0 Å².